The molecule has 1 aromatic rings. The summed E-state index contributed by atoms with van der Waals surface area (Å²) in [5.74, 6) is 5.03. The Morgan fingerprint density at radius 3 is 3.08 bits per heavy atom. The molecule has 0 amide bonds. The Bertz CT molecular complexity index is 348. The molecule has 0 saturated heterocycles. The Kier molecular flexibility index (Phi) is 3.41. The lowest BCUT2D eigenvalue weighted by atomic mass is 10.3. The van der Waals surface area contributed by atoms with Crippen molar-refractivity contribution in [2.45, 2.75) is 6.54 Å². The van der Waals surface area contributed by atoms with Gasteiger partial charge in [-0.25, -0.2) is 5.84 Å². The smallest absolute Gasteiger partial charge is 0.186 e. The molecule has 1 rings (SSSR count). The van der Waals surface area contributed by atoms with Crippen LogP contribution in [0, 0.1) is 0 Å². The lowest BCUT2D eigenvalue weighted by Crippen LogP contribution is -2.39. The van der Waals surface area contributed by atoms with Gasteiger partial charge in [0, 0.05) is 30.6 Å². The quantitative estimate of drug-likeness (QED) is 0.284. The van der Waals surface area contributed by atoms with E-state index in [4.69, 9.17) is 18.1 Å². The van der Waals surface area contributed by atoms with Gasteiger partial charge in [0.25, 0.3) is 0 Å². The number of hydrazine groups is 1. The summed E-state index contributed by atoms with van der Waals surface area (Å²) in [5, 5.41) is 3.07. The van der Waals surface area contributed by atoms with E-state index >= 15 is 0 Å². The SMILES string of the molecule is NNC(=S)NCc1c[nH]ccc1=O. The molecule has 5 nitrogen and oxygen atoms in total. The first kappa shape index (κ1) is 9.69. The highest BCUT2D eigenvalue weighted by Gasteiger charge is 1.97. The lowest BCUT2D eigenvalue weighted by molar-refractivity contribution is 0.855. The first-order chi connectivity index (χ1) is 6.24. The van der Waals surface area contributed by atoms with Crippen LogP contribution in [0.1, 0.15) is 5.56 Å². The van der Waals surface area contributed by atoms with Gasteiger partial charge in [-0.3, -0.25) is 4.79 Å². The van der Waals surface area contributed by atoms with Crippen LogP contribution >= 0.6 is 12.2 Å². The number of thiocarbonyl (C=S) groups is 1. The number of aromatic nitrogens is 1. The van der Waals surface area contributed by atoms with Gasteiger partial charge in [0.15, 0.2) is 10.5 Å². The van der Waals surface area contributed by atoms with E-state index in [1.54, 1.807) is 12.4 Å². The van der Waals surface area contributed by atoms with Crippen LogP contribution in [0.25, 0.3) is 0 Å². The first-order valence-corrected chi connectivity index (χ1v) is 4.05. The monoisotopic (exact) mass is 198 g/mol. The molecule has 1 aromatic heterocycles. The minimum absolute atomic E-state index is 0.0360. The fourth-order valence-corrected chi connectivity index (χ4v) is 0.888. The molecule has 0 radical (unpaired) electrons. The van der Waals surface area contributed by atoms with Gasteiger partial charge in [0.2, 0.25) is 0 Å². The molecule has 0 unspecified atom stereocenters. The minimum Gasteiger partial charge on any atom is -0.367 e. The van der Waals surface area contributed by atoms with Crippen molar-refractivity contribution in [1.29, 1.82) is 0 Å². The summed E-state index contributed by atoms with van der Waals surface area (Å²) in [4.78, 5) is 14.0. The zero-order chi connectivity index (χ0) is 9.68. The number of hydrogen-bond acceptors (Lipinski definition) is 3. The molecule has 0 spiro atoms. The Morgan fingerprint density at radius 1 is 1.69 bits per heavy atom. The number of rotatable bonds is 2. The summed E-state index contributed by atoms with van der Waals surface area (Å²) in [6, 6.07) is 1.45. The molecule has 5 N–H and O–H groups in total. The molecule has 0 bridgehead atoms. The predicted octanol–water partition coefficient (Wildman–Crippen LogP) is -0.787. The molecule has 0 saturated carbocycles. The van der Waals surface area contributed by atoms with E-state index in [9.17, 15) is 4.79 Å². The summed E-state index contributed by atoms with van der Waals surface area (Å²) in [5.41, 5.74) is 2.84. The van der Waals surface area contributed by atoms with Gasteiger partial charge in [-0.1, -0.05) is 0 Å². The number of aromatic amines is 1. The van der Waals surface area contributed by atoms with Gasteiger partial charge >= 0.3 is 0 Å². The van der Waals surface area contributed by atoms with E-state index in [1.807, 2.05) is 0 Å². The van der Waals surface area contributed by atoms with Crippen molar-refractivity contribution >= 4 is 17.3 Å². The molecule has 0 aliphatic carbocycles. The Balaban J connectivity index is 2.60. The van der Waals surface area contributed by atoms with E-state index < -0.39 is 0 Å². The topological polar surface area (TPSA) is 82.9 Å². The van der Waals surface area contributed by atoms with E-state index in [-0.39, 0.29) is 5.43 Å². The molecule has 0 atom stereocenters. The average Bonchev–Trinajstić information content (AvgIpc) is 2.16. The van der Waals surface area contributed by atoms with Crippen molar-refractivity contribution in [2.24, 2.45) is 5.84 Å². The maximum absolute atomic E-state index is 11.2. The predicted molar refractivity (Wildman–Crippen MR) is 53.8 cm³/mol. The standard InChI is InChI=1S/C7H10N4OS/c8-11-7(13)10-4-5-3-9-2-1-6(5)12/h1-3H,4,8H2,(H,9,12)(H2,10,11,13). The summed E-state index contributed by atoms with van der Waals surface area (Å²) in [7, 11) is 0. The summed E-state index contributed by atoms with van der Waals surface area (Å²) < 4.78 is 0. The van der Waals surface area contributed by atoms with Crippen molar-refractivity contribution in [3.63, 3.8) is 0 Å². The molecular formula is C7H10N4OS. The van der Waals surface area contributed by atoms with Crippen LogP contribution in [0.3, 0.4) is 0 Å². The fraction of sp³-hybridized carbons (Fsp3) is 0.143. The van der Waals surface area contributed by atoms with Gasteiger partial charge < -0.3 is 15.7 Å². The number of pyridine rings is 1. The highest BCUT2D eigenvalue weighted by molar-refractivity contribution is 7.80. The molecule has 0 aromatic carbocycles. The summed E-state index contributed by atoms with van der Waals surface area (Å²) in [6.45, 7) is 0.360. The largest absolute Gasteiger partial charge is 0.367 e. The highest BCUT2D eigenvalue weighted by Crippen LogP contribution is 1.85. The van der Waals surface area contributed by atoms with Crippen molar-refractivity contribution in [3.8, 4) is 0 Å². The minimum atomic E-state index is -0.0360. The van der Waals surface area contributed by atoms with E-state index in [0.717, 1.165) is 0 Å². The maximum atomic E-state index is 11.2. The van der Waals surface area contributed by atoms with Crippen LogP contribution in [0.15, 0.2) is 23.3 Å². The normalized spacial score (nSPS) is 9.31. The molecule has 6 heteroatoms. The van der Waals surface area contributed by atoms with Gasteiger partial charge in [0.1, 0.15) is 0 Å². The number of nitrogens with one attached hydrogen (secondary N) is 3. The van der Waals surface area contributed by atoms with Gasteiger partial charge in [0.05, 0.1) is 0 Å². The second-order valence-corrected chi connectivity index (χ2v) is 2.77. The van der Waals surface area contributed by atoms with Gasteiger partial charge in [-0.2, -0.15) is 0 Å². The van der Waals surface area contributed by atoms with E-state index in [0.29, 0.717) is 17.2 Å². The Hall–Kier alpha value is -1.40. The first-order valence-electron chi connectivity index (χ1n) is 3.64. The van der Waals surface area contributed by atoms with E-state index in [2.05, 4.69) is 15.7 Å². The van der Waals surface area contributed by atoms with Crippen molar-refractivity contribution < 1.29 is 0 Å². The molecule has 0 fully saturated rings. The molecule has 0 aliphatic heterocycles. The van der Waals surface area contributed by atoms with Crippen LogP contribution in [0.5, 0.6) is 0 Å². The second kappa shape index (κ2) is 4.58. The zero-order valence-electron chi connectivity index (χ0n) is 6.83. The molecule has 0 aliphatic rings. The molecular weight excluding hydrogens is 188 g/mol. The number of hydrogen-bond donors (Lipinski definition) is 4. The zero-order valence-corrected chi connectivity index (χ0v) is 7.65. The lowest BCUT2D eigenvalue weighted by Gasteiger charge is -2.05. The van der Waals surface area contributed by atoms with Crippen molar-refractivity contribution in [3.05, 3.63) is 34.2 Å². The second-order valence-electron chi connectivity index (χ2n) is 2.36. The highest BCUT2D eigenvalue weighted by atomic mass is 32.1. The third-order valence-corrected chi connectivity index (χ3v) is 1.74. The van der Waals surface area contributed by atoms with Crippen LogP contribution < -0.4 is 22.0 Å². The van der Waals surface area contributed by atoms with Crippen LogP contribution in [0.4, 0.5) is 0 Å². The third-order valence-electron chi connectivity index (χ3n) is 1.48. The van der Waals surface area contributed by atoms with Crippen LogP contribution in [0.2, 0.25) is 0 Å². The Morgan fingerprint density at radius 2 is 2.46 bits per heavy atom. The van der Waals surface area contributed by atoms with Gasteiger partial charge in [-0.05, 0) is 12.2 Å². The number of H-pyrrole nitrogens is 1. The van der Waals surface area contributed by atoms with Gasteiger partial charge in [-0.15, -0.1) is 0 Å². The summed E-state index contributed by atoms with van der Waals surface area (Å²) >= 11 is 4.74. The summed E-state index contributed by atoms with van der Waals surface area (Å²) in [6.07, 6.45) is 3.19. The average molecular weight is 198 g/mol. The maximum Gasteiger partial charge on any atom is 0.186 e. The molecule has 1 heterocycles. The van der Waals surface area contributed by atoms with Crippen LogP contribution in [-0.2, 0) is 6.54 Å². The van der Waals surface area contributed by atoms with Crippen molar-refractivity contribution in [2.75, 3.05) is 0 Å². The molecule has 70 valence electrons. The van der Waals surface area contributed by atoms with Crippen LogP contribution in [-0.4, -0.2) is 10.1 Å². The number of nitrogens with two attached hydrogens (primary N) is 1. The third kappa shape index (κ3) is 2.85. The Labute approximate surface area is 80.3 Å². The van der Waals surface area contributed by atoms with E-state index in [1.165, 1.54) is 6.07 Å². The fourth-order valence-electron chi connectivity index (χ4n) is 0.815. The molecule has 13 heavy (non-hydrogen) atoms. The van der Waals surface area contributed by atoms with Crippen molar-refractivity contribution in [1.82, 2.24) is 15.7 Å².